The van der Waals surface area contributed by atoms with Gasteiger partial charge in [0, 0.05) is 18.1 Å². The lowest BCUT2D eigenvalue weighted by atomic mass is 10.0. The van der Waals surface area contributed by atoms with Gasteiger partial charge in [-0.2, -0.15) is 0 Å². The summed E-state index contributed by atoms with van der Waals surface area (Å²) in [6.07, 6.45) is 3.37. The van der Waals surface area contributed by atoms with Gasteiger partial charge in [0.25, 0.3) is 5.56 Å². The second-order valence-electron chi connectivity index (χ2n) is 7.12. The fourth-order valence-corrected chi connectivity index (χ4v) is 3.26. The molecule has 6 nitrogen and oxygen atoms in total. The number of aromatic amines is 1. The average Bonchev–Trinajstić information content (AvgIpc) is 2.58. The van der Waals surface area contributed by atoms with Crippen molar-refractivity contribution in [1.82, 2.24) is 14.5 Å². The van der Waals surface area contributed by atoms with Gasteiger partial charge in [0.05, 0.1) is 12.1 Å². The summed E-state index contributed by atoms with van der Waals surface area (Å²) in [5.41, 5.74) is 3.76. The van der Waals surface area contributed by atoms with Crippen LogP contribution in [0.3, 0.4) is 0 Å². The molecule has 0 aliphatic rings. The van der Waals surface area contributed by atoms with Crippen LogP contribution in [0.4, 0.5) is 11.5 Å². The summed E-state index contributed by atoms with van der Waals surface area (Å²) < 4.78 is 1.57. The quantitative estimate of drug-likeness (QED) is 0.726. The van der Waals surface area contributed by atoms with E-state index in [1.165, 1.54) is 0 Å². The molecule has 27 heavy (non-hydrogen) atoms. The number of aryl methyl sites for hydroxylation is 2. The van der Waals surface area contributed by atoms with Crippen molar-refractivity contribution in [3.8, 4) is 0 Å². The largest absolute Gasteiger partial charge is 0.341 e. The highest BCUT2D eigenvalue weighted by atomic mass is 16.2. The summed E-state index contributed by atoms with van der Waals surface area (Å²) in [5.74, 6) is 0.479. The molecule has 0 aliphatic carbocycles. The first-order valence-electron chi connectivity index (χ1n) is 8.96. The van der Waals surface area contributed by atoms with Gasteiger partial charge in [0.2, 0.25) is 0 Å². The first kappa shape index (κ1) is 18.6. The second-order valence-corrected chi connectivity index (χ2v) is 7.12. The third kappa shape index (κ3) is 4.16. The maximum atomic E-state index is 12.6. The number of hydrogen-bond donors (Lipinski definition) is 2. The summed E-state index contributed by atoms with van der Waals surface area (Å²) in [5, 5.41) is 3.33. The molecule has 3 aromatic rings. The molecule has 0 bridgehead atoms. The maximum absolute atomic E-state index is 12.6. The van der Waals surface area contributed by atoms with Crippen LogP contribution in [0.25, 0.3) is 0 Å². The highest BCUT2D eigenvalue weighted by Crippen LogP contribution is 2.25. The number of H-pyrrole nitrogens is 1. The van der Waals surface area contributed by atoms with Gasteiger partial charge >= 0.3 is 5.69 Å². The van der Waals surface area contributed by atoms with Gasteiger partial charge < -0.3 is 5.32 Å². The summed E-state index contributed by atoms with van der Waals surface area (Å²) in [6.45, 7) is 8.26. The van der Waals surface area contributed by atoms with E-state index in [1.807, 2.05) is 52.0 Å². The summed E-state index contributed by atoms with van der Waals surface area (Å²) in [7, 11) is 0. The van der Waals surface area contributed by atoms with E-state index in [9.17, 15) is 9.59 Å². The van der Waals surface area contributed by atoms with Crippen LogP contribution in [0.5, 0.6) is 0 Å². The SMILES string of the molecule is Cc1cc(C)cc(Nc2c(C(C)C)c(=O)[nH]c(=O)n2Cc2ccncc2)c1. The summed E-state index contributed by atoms with van der Waals surface area (Å²) in [4.78, 5) is 31.6. The van der Waals surface area contributed by atoms with Gasteiger partial charge in [-0.05, 0) is 60.7 Å². The minimum Gasteiger partial charge on any atom is -0.341 e. The van der Waals surface area contributed by atoms with E-state index in [2.05, 4.69) is 21.4 Å². The number of nitrogens with one attached hydrogen (secondary N) is 2. The molecule has 3 rings (SSSR count). The van der Waals surface area contributed by atoms with Crippen molar-refractivity contribution >= 4 is 11.5 Å². The van der Waals surface area contributed by atoms with Gasteiger partial charge in [-0.3, -0.25) is 19.3 Å². The third-order valence-corrected chi connectivity index (χ3v) is 4.39. The number of benzene rings is 1. The van der Waals surface area contributed by atoms with Crippen molar-refractivity contribution in [2.75, 3.05) is 5.32 Å². The maximum Gasteiger partial charge on any atom is 0.330 e. The third-order valence-electron chi connectivity index (χ3n) is 4.39. The highest BCUT2D eigenvalue weighted by Gasteiger charge is 2.18. The summed E-state index contributed by atoms with van der Waals surface area (Å²) >= 11 is 0. The van der Waals surface area contributed by atoms with Crippen molar-refractivity contribution in [2.24, 2.45) is 0 Å². The molecule has 2 aromatic heterocycles. The van der Waals surface area contributed by atoms with Gasteiger partial charge in [-0.15, -0.1) is 0 Å². The van der Waals surface area contributed by atoms with Crippen LogP contribution in [0, 0.1) is 13.8 Å². The molecule has 1 aromatic carbocycles. The zero-order chi connectivity index (χ0) is 19.6. The van der Waals surface area contributed by atoms with E-state index < -0.39 is 5.69 Å². The number of hydrogen-bond acceptors (Lipinski definition) is 4. The van der Waals surface area contributed by atoms with Crippen molar-refractivity contribution in [1.29, 1.82) is 0 Å². The Labute approximate surface area is 157 Å². The number of nitrogens with zero attached hydrogens (tertiary/aromatic N) is 2. The normalized spacial score (nSPS) is 11.0. The molecular weight excluding hydrogens is 340 g/mol. The first-order valence-corrected chi connectivity index (χ1v) is 8.96. The standard InChI is InChI=1S/C21H24N4O2/c1-13(2)18-19(23-17-10-14(3)9-15(4)11-17)25(21(27)24-20(18)26)12-16-5-7-22-8-6-16/h5-11,13,23H,12H2,1-4H3,(H,24,26,27). The highest BCUT2D eigenvalue weighted by molar-refractivity contribution is 5.62. The van der Waals surface area contributed by atoms with Crippen LogP contribution in [0.2, 0.25) is 0 Å². The van der Waals surface area contributed by atoms with Gasteiger partial charge in [0.15, 0.2) is 0 Å². The predicted octanol–water partition coefficient (Wildman–Crippen LogP) is 3.46. The van der Waals surface area contributed by atoms with Gasteiger partial charge in [0.1, 0.15) is 5.82 Å². The molecule has 0 saturated carbocycles. The van der Waals surface area contributed by atoms with Gasteiger partial charge in [-0.1, -0.05) is 19.9 Å². The number of anilines is 2. The molecule has 0 amide bonds. The van der Waals surface area contributed by atoms with E-state index in [0.29, 0.717) is 17.9 Å². The van der Waals surface area contributed by atoms with Crippen LogP contribution in [0.1, 0.15) is 42.0 Å². The molecule has 0 atom stereocenters. The Hall–Kier alpha value is -3.15. The minimum atomic E-state index is -0.437. The Kier molecular flexibility index (Phi) is 5.26. The smallest absolute Gasteiger partial charge is 0.330 e. The average molecular weight is 364 g/mol. The second kappa shape index (κ2) is 7.61. The van der Waals surface area contributed by atoms with Crippen molar-refractivity contribution < 1.29 is 0 Å². The summed E-state index contributed by atoms with van der Waals surface area (Å²) in [6, 6.07) is 9.79. The fraction of sp³-hybridized carbons (Fsp3) is 0.286. The number of pyridine rings is 1. The van der Waals surface area contributed by atoms with Crippen molar-refractivity contribution in [3.05, 3.63) is 85.8 Å². The molecule has 0 aliphatic heterocycles. The Morgan fingerprint density at radius 1 is 1.07 bits per heavy atom. The zero-order valence-electron chi connectivity index (χ0n) is 16.0. The molecule has 0 spiro atoms. The van der Waals surface area contributed by atoms with E-state index in [0.717, 1.165) is 22.4 Å². The van der Waals surface area contributed by atoms with E-state index >= 15 is 0 Å². The Morgan fingerprint density at radius 3 is 2.30 bits per heavy atom. The van der Waals surface area contributed by atoms with Crippen LogP contribution < -0.4 is 16.6 Å². The van der Waals surface area contributed by atoms with Crippen molar-refractivity contribution in [3.63, 3.8) is 0 Å². The predicted molar refractivity (Wildman–Crippen MR) is 108 cm³/mol. The Balaban J connectivity index is 2.18. The van der Waals surface area contributed by atoms with E-state index in [-0.39, 0.29) is 11.5 Å². The van der Waals surface area contributed by atoms with Crippen LogP contribution >= 0.6 is 0 Å². The molecule has 0 radical (unpaired) electrons. The lowest BCUT2D eigenvalue weighted by Crippen LogP contribution is -2.35. The van der Waals surface area contributed by atoms with E-state index in [4.69, 9.17) is 0 Å². The number of aromatic nitrogens is 3. The lowest BCUT2D eigenvalue weighted by molar-refractivity contribution is 0.700. The molecule has 0 fully saturated rings. The topological polar surface area (TPSA) is 79.8 Å². The molecule has 0 saturated heterocycles. The fourth-order valence-electron chi connectivity index (χ4n) is 3.26. The minimum absolute atomic E-state index is 0.0496. The first-order chi connectivity index (χ1) is 12.8. The molecular formula is C21H24N4O2. The molecule has 6 heteroatoms. The van der Waals surface area contributed by atoms with Crippen molar-refractivity contribution in [2.45, 2.75) is 40.2 Å². The van der Waals surface area contributed by atoms with Gasteiger partial charge in [-0.25, -0.2) is 4.79 Å². The molecule has 0 unspecified atom stereocenters. The van der Waals surface area contributed by atoms with Crippen LogP contribution in [-0.4, -0.2) is 14.5 Å². The van der Waals surface area contributed by atoms with Crippen LogP contribution in [0.15, 0.2) is 52.3 Å². The Bertz CT molecular complexity index is 1050. The molecule has 2 heterocycles. The Morgan fingerprint density at radius 2 is 1.70 bits per heavy atom. The zero-order valence-corrected chi connectivity index (χ0v) is 16.0. The molecule has 140 valence electrons. The monoisotopic (exact) mass is 364 g/mol. The van der Waals surface area contributed by atoms with E-state index in [1.54, 1.807) is 17.0 Å². The molecule has 2 N–H and O–H groups in total. The lowest BCUT2D eigenvalue weighted by Gasteiger charge is -2.20. The van der Waals surface area contributed by atoms with Crippen LogP contribution in [-0.2, 0) is 6.54 Å². The number of rotatable bonds is 5.